The highest BCUT2D eigenvalue weighted by atomic mass is 32.2. The maximum absolute atomic E-state index is 14.0. The number of carbonyl (C=O) groups excluding carboxylic acids is 1. The van der Waals surface area contributed by atoms with Crippen LogP contribution in [0.5, 0.6) is 11.5 Å². The van der Waals surface area contributed by atoms with Crippen LogP contribution in [0.4, 0.5) is 15.9 Å². The van der Waals surface area contributed by atoms with Crippen molar-refractivity contribution in [1.29, 1.82) is 5.26 Å². The molecule has 0 aliphatic carbocycles. The van der Waals surface area contributed by atoms with Crippen LogP contribution in [0.1, 0.15) is 32.9 Å². The summed E-state index contributed by atoms with van der Waals surface area (Å²) in [7, 11) is -4.09. The van der Waals surface area contributed by atoms with Gasteiger partial charge in [0.25, 0.3) is 10.0 Å². The van der Waals surface area contributed by atoms with Gasteiger partial charge in [-0.3, -0.25) is 9.52 Å². The summed E-state index contributed by atoms with van der Waals surface area (Å²) in [6, 6.07) is 22.1. The number of nitrogens with zero attached hydrogens (tertiary/aromatic N) is 4. The molecule has 6 aromatic rings. The normalized spacial score (nSPS) is 11.3. The first-order chi connectivity index (χ1) is 21.5. The summed E-state index contributed by atoms with van der Waals surface area (Å²) in [5.41, 5.74) is 9.47. The number of halogens is 1. The molecule has 6 rings (SSSR count). The van der Waals surface area contributed by atoms with Crippen molar-refractivity contribution in [3.8, 4) is 23.3 Å². The zero-order valence-corrected chi connectivity index (χ0v) is 24.7. The molecule has 0 atom stereocenters. The Hall–Kier alpha value is -6.00. The van der Waals surface area contributed by atoms with Gasteiger partial charge in [-0.25, -0.2) is 14.1 Å². The van der Waals surface area contributed by atoms with Gasteiger partial charge in [0, 0.05) is 10.9 Å². The second kappa shape index (κ2) is 11.3. The van der Waals surface area contributed by atoms with Crippen molar-refractivity contribution in [2.75, 3.05) is 10.5 Å². The molecule has 0 radical (unpaired) electrons. The zero-order chi connectivity index (χ0) is 31.9. The summed E-state index contributed by atoms with van der Waals surface area (Å²) in [4.78, 5) is 20.4. The molecule has 0 bridgehead atoms. The van der Waals surface area contributed by atoms with E-state index in [4.69, 9.17) is 15.7 Å². The number of nitrogens with one attached hydrogen (secondary N) is 2. The molecule has 0 unspecified atom stereocenters. The van der Waals surface area contributed by atoms with E-state index in [1.165, 1.54) is 41.2 Å². The number of fused-ring (bicyclic) bond motifs is 1. The van der Waals surface area contributed by atoms with Crippen molar-refractivity contribution in [2.45, 2.75) is 18.9 Å². The van der Waals surface area contributed by atoms with E-state index in [1.54, 1.807) is 55.5 Å². The fraction of sp³-hybridized carbons (Fsp3) is 0.0625. The number of nitrogens with two attached hydrogens (primary N) is 1. The average Bonchev–Trinajstić information content (AvgIpc) is 3.61. The Labute approximate surface area is 256 Å². The third-order valence-electron chi connectivity index (χ3n) is 7.08. The van der Waals surface area contributed by atoms with E-state index in [0.717, 1.165) is 5.56 Å². The summed E-state index contributed by atoms with van der Waals surface area (Å²) in [5.74, 6) is -0.268. The van der Waals surface area contributed by atoms with Crippen molar-refractivity contribution < 1.29 is 22.3 Å². The van der Waals surface area contributed by atoms with E-state index in [2.05, 4.69) is 19.8 Å². The fourth-order valence-corrected chi connectivity index (χ4v) is 5.89. The molecule has 0 aliphatic heterocycles. The topological polar surface area (TPSA) is 169 Å². The minimum Gasteiger partial charge on any atom is -0.454 e. The number of anilines is 2. The number of hydrogen-bond donors (Lipinski definition) is 3. The van der Waals surface area contributed by atoms with Crippen molar-refractivity contribution in [3.63, 3.8) is 0 Å². The lowest BCUT2D eigenvalue weighted by Crippen LogP contribution is -2.15. The molecule has 0 amide bonds. The van der Waals surface area contributed by atoms with Gasteiger partial charge in [-0.1, -0.05) is 18.2 Å². The van der Waals surface area contributed by atoms with E-state index in [9.17, 15) is 17.6 Å². The first-order valence-electron chi connectivity index (χ1n) is 13.5. The van der Waals surface area contributed by atoms with Crippen LogP contribution >= 0.6 is 0 Å². The lowest BCUT2D eigenvalue weighted by Gasteiger charge is -2.12. The molecule has 45 heavy (non-hydrogen) atoms. The predicted octanol–water partition coefficient (Wildman–Crippen LogP) is 5.78. The van der Waals surface area contributed by atoms with Gasteiger partial charge in [-0.15, -0.1) is 0 Å². The number of nitrogen functional groups attached to an aromatic ring is 1. The van der Waals surface area contributed by atoms with Crippen LogP contribution in [0.25, 0.3) is 16.6 Å². The molecule has 0 fully saturated rings. The first-order valence-corrected chi connectivity index (χ1v) is 15.0. The summed E-state index contributed by atoms with van der Waals surface area (Å²) < 4.78 is 49.6. The van der Waals surface area contributed by atoms with E-state index in [0.29, 0.717) is 27.9 Å². The van der Waals surface area contributed by atoms with Gasteiger partial charge >= 0.3 is 0 Å². The molecule has 0 saturated carbocycles. The van der Waals surface area contributed by atoms with Crippen LogP contribution in [0.2, 0.25) is 0 Å². The number of aromatic nitrogens is 4. The molecule has 0 spiro atoms. The Morgan fingerprint density at radius 1 is 1.04 bits per heavy atom. The number of hydrogen-bond acceptors (Lipinski definition) is 8. The van der Waals surface area contributed by atoms with E-state index in [-0.39, 0.29) is 39.2 Å². The molecular weight excluding hydrogens is 597 g/mol. The first kappa shape index (κ1) is 29.1. The minimum absolute atomic E-state index is 0.0268. The standard InChI is InChI=1S/C32H24FN7O4S/c1-18-12-20-14-27(38-26(20)15-25(18)39-45(42,43)30-9-5-6-21(16-34)37-30)31(41)23-17-36-40(32(23)35)28-11-10-22(13-19(28)2)44-29-8-4-3-7-24(29)33/h3-15,17,38-39H,35H2,1-2H3. The quantitative estimate of drug-likeness (QED) is 0.180. The number of pyridine rings is 1. The maximum atomic E-state index is 14.0. The van der Waals surface area contributed by atoms with Gasteiger partial charge in [-0.05, 0) is 85.6 Å². The molecule has 11 nitrogen and oxygen atoms in total. The van der Waals surface area contributed by atoms with Crippen LogP contribution in [0, 0.1) is 31.0 Å². The second-order valence-corrected chi connectivity index (χ2v) is 11.8. The van der Waals surface area contributed by atoms with Crippen LogP contribution in [-0.2, 0) is 10.0 Å². The smallest absolute Gasteiger partial charge is 0.279 e. The van der Waals surface area contributed by atoms with Crippen LogP contribution in [-0.4, -0.2) is 33.9 Å². The maximum Gasteiger partial charge on any atom is 0.279 e. The van der Waals surface area contributed by atoms with E-state index in [1.807, 2.05) is 13.0 Å². The summed E-state index contributed by atoms with van der Waals surface area (Å²) >= 11 is 0. The number of H-pyrrole nitrogens is 1. The van der Waals surface area contributed by atoms with Crippen LogP contribution in [0.15, 0.2) is 90.1 Å². The summed E-state index contributed by atoms with van der Waals surface area (Å²) in [5, 5.41) is 13.8. The minimum atomic E-state index is -4.09. The van der Waals surface area contributed by atoms with Gasteiger partial charge in [-0.2, -0.15) is 18.8 Å². The number of aromatic amines is 1. The Kier molecular flexibility index (Phi) is 7.27. The largest absolute Gasteiger partial charge is 0.454 e. The van der Waals surface area contributed by atoms with Gasteiger partial charge in [0.1, 0.15) is 23.3 Å². The van der Waals surface area contributed by atoms with E-state index < -0.39 is 21.6 Å². The molecule has 3 aromatic heterocycles. The molecule has 4 N–H and O–H groups in total. The Bertz CT molecular complexity index is 2290. The number of nitriles is 1. The Balaban J connectivity index is 1.26. The van der Waals surface area contributed by atoms with Gasteiger partial charge in [0.05, 0.1) is 28.8 Å². The third-order valence-corrected chi connectivity index (χ3v) is 8.35. The molecular formula is C32H24FN7O4S. The van der Waals surface area contributed by atoms with Gasteiger partial charge in [0.2, 0.25) is 5.78 Å². The lowest BCUT2D eigenvalue weighted by molar-refractivity contribution is 0.103. The number of sulfonamides is 1. The molecule has 0 saturated heterocycles. The summed E-state index contributed by atoms with van der Waals surface area (Å²) in [6.45, 7) is 3.54. The highest BCUT2D eigenvalue weighted by molar-refractivity contribution is 7.92. The van der Waals surface area contributed by atoms with Crippen molar-refractivity contribution in [1.82, 2.24) is 19.7 Å². The van der Waals surface area contributed by atoms with Gasteiger partial charge < -0.3 is 15.5 Å². The van der Waals surface area contributed by atoms with Crippen LogP contribution < -0.4 is 15.2 Å². The summed E-state index contributed by atoms with van der Waals surface area (Å²) in [6.07, 6.45) is 1.37. The molecule has 3 aromatic carbocycles. The van der Waals surface area contributed by atoms with Gasteiger partial charge in [0.15, 0.2) is 16.6 Å². The monoisotopic (exact) mass is 621 g/mol. The zero-order valence-electron chi connectivity index (χ0n) is 23.9. The molecule has 13 heteroatoms. The van der Waals surface area contributed by atoms with Crippen molar-refractivity contribution in [3.05, 3.63) is 119 Å². The number of para-hydroxylation sites is 1. The number of benzene rings is 3. The SMILES string of the molecule is Cc1cc2cc(C(=O)c3cnn(-c4ccc(Oc5ccccc5F)cc4C)c3N)[nH]c2cc1NS(=O)(=O)c1cccc(C#N)n1. The number of carbonyl (C=O) groups is 1. The second-order valence-electron chi connectivity index (χ2n) is 10.2. The fourth-order valence-electron chi connectivity index (χ4n) is 4.80. The number of rotatable bonds is 8. The molecule has 3 heterocycles. The lowest BCUT2D eigenvalue weighted by atomic mass is 10.1. The molecule has 224 valence electrons. The highest BCUT2D eigenvalue weighted by Gasteiger charge is 2.22. The van der Waals surface area contributed by atoms with Crippen molar-refractivity contribution >= 4 is 38.2 Å². The molecule has 0 aliphatic rings. The van der Waals surface area contributed by atoms with E-state index >= 15 is 0 Å². The van der Waals surface area contributed by atoms with Crippen molar-refractivity contribution in [2.24, 2.45) is 0 Å². The Morgan fingerprint density at radius 2 is 1.84 bits per heavy atom. The number of ether oxygens (including phenoxy) is 1. The Morgan fingerprint density at radius 3 is 2.60 bits per heavy atom. The number of aryl methyl sites for hydroxylation is 2. The average molecular weight is 622 g/mol. The predicted molar refractivity (Wildman–Crippen MR) is 165 cm³/mol. The highest BCUT2D eigenvalue weighted by Crippen LogP contribution is 2.30. The third kappa shape index (κ3) is 5.57. The van der Waals surface area contributed by atoms with Crippen LogP contribution in [0.3, 0.4) is 0 Å². The number of ketones is 1.